The van der Waals surface area contributed by atoms with Gasteiger partial charge in [-0.1, -0.05) is 24.3 Å². The van der Waals surface area contributed by atoms with Gasteiger partial charge in [-0.15, -0.1) is 0 Å². The van der Waals surface area contributed by atoms with Gasteiger partial charge in [0.25, 0.3) is 0 Å². The maximum Gasteiger partial charge on any atom is 0.243 e. The number of nitrogens with one attached hydrogen (secondary N) is 1. The molecule has 154 valence electrons. The summed E-state index contributed by atoms with van der Waals surface area (Å²) in [6.45, 7) is 3.61. The first-order valence-electron chi connectivity index (χ1n) is 9.78. The Labute approximate surface area is 171 Å². The highest BCUT2D eigenvalue weighted by molar-refractivity contribution is 5.87. The fourth-order valence-electron chi connectivity index (χ4n) is 3.41. The van der Waals surface area contributed by atoms with Crippen molar-refractivity contribution in [2.45, 2.75) is 32.5 Å². The fraction of sp³-hybridized carbons (Fsp3) is 0.409. The molecular weight excluding hydrogens is 368 g/mol. The van der Waals surface area contributed by atoms with E-state index >= 15 is 0 Å². The molecule has 2 heterocycles. The van der Waals surface area contributed by atoms with Gasteiger partial charge in [0.05, 0.1) is 6.20 Å². The molecule has 0 aliphatic carbocycles. The largest absolute Gasteiger partial charge is 0.490 e. The van der Waals surface area contributed by atoms with Crippen LogP contribution in [-0.2, 0) is 29.1 Å². The van der Waals surface area contributed by atoms with Gasteiger partial charge in [0.15, 0.2) is 0 Å². The Hall–Kier alpha value is -2.93. The van der Waals surface area contributed by atoms with Gasteiger partial charge >= 0.3 is 0 Å². The smallest absolute Gasteiger partial charge is 0.243 e. The van der Waals surface area contributed by atoms with Crippen LogP contribution in [0.4, 0.5) is 0 Å². The number of ether oxygens (including phenoxy) is 1. The number of aromatic nitrogens is 1. The molecule has 7 nitrogen and oxygen atoms in total. The van der Waals surface area contributed by atoms with Crippen molar-refractivity contribution in [1.82, 2.24) is 20.1 Å². The molecule has 2 amide bonds. The lowest BCUT2D eigenvalue weighted by Gasteiger charge is -2.35. The molecule has 1 N–H and O–H groups in total. The molecule has 0 bridgehead atoms. The standard InChI is InChI=1S/C22H28N4O3/c1-16(27)26-15-19-7-5-4-6-17(19)12-20(26)22(28)24-13-18-8-9-23-14-21(18)29-11-10-25(2)3/h4-9,14,20H,10-13,15H2,1-3H3,(H,24,28). The third kappa shape index (κ3) is 5.32. The Balaban J connectivity index is 1.66. The van der Waals surface area contributed by atoms with Gasteiger partial charge < -0.3 is 19.9 Å². The zero-order valence-electron chi connectivity index (χ0n) is 17.2. The molecule has 3 rings (SSSR count). The summed E-state index contributed by atoms with van der Waals surface area (Å²) in [6.07, 6.45) is 3.86. The number of fused-ring (bicyclic) bond motifs is 1. The molecule has 1 aliphatic heterocycles. The van der Waals surface area contributed by atoms with E-state index in [2.05, 4.69) is 10.3 Å². The topological polar surface area (TPSA) is 74.8 Å². The van der Waals surface area contributed by atoms with Crippen molar-refractivity contribution < 1.29 is 14.3 Å². The molecule has 1 unspecified atom stereocenters. The zero-order chi connectivity index (χ0) is 20.8. The number of carbonyl (C=O) groups excluding carboxylic acids is 2. The first-order chi connectivity index (χ1) is 14.0. The lowest BCUT2D eigenvalue weighted by atomic mass is 9.93. The van der Waals surface area contributed by atoms with Gasteiger partial charge in [0.1, 0.15) is 18.4 Å². The van der Waals surface area contributed by atoms with Crippen LogP contribution < -0.4 is 10.1 Å². The summed E-state index contributed by atoms with van der Waals surface area (Å²) in [5.41, 5.74) is 3.07. The Morgan fingerprint density at radius 3 is 2.72 bits per heavy atom. The summed E-state index contributed by atoms with van der Waals surface area (Å²) in [6, 6.07) is 9.27. The number of hydrogen-bond donors (Lipinski definition) is 1. The molecule has 29 heavy (non-hydrogen) atoms. The second kappa shape index (κ2) is 9.52. The summed E-state index contributed by atoms with van der Waals surface area (Å²) in [5, 5.41) is 2.97. The minimum Gasteiger partial charge on any atom is -0.490 e. The maximum absolute atomic E-state index is 12.9. The Bertz CT molecular complexity index is 869. The lowest BCUT2D eigenvalue weighted by Crippen LogP contribution is -2.51. The summed E-state index contributed by atoms with van der Waals surface area (Å²) >= 11 is 0. The van der Waals surface area contributed by atoms with Gasteiger partial charge in [0, 0.05) is 44.7 Å². The van der Waals surface area contributed by atoms with E-state index in [-0.39, 0.29) is 11.8 Å². The fourth-order valence-corrected chi connectivity index (χ4v) is 3.41. The van der Waals surface area contributed by atoms with Crippen molar-refractivity contribution in [3.05, 3.63) is 59.4 Å². The van der Waals surface area contributed by atoms with Gasteiger partial charge in [0.2, 0.25) is 11.8 Å². The SMILES string of the molecule is CC(=O)N1Cc2ccccc2CC1C(=O)NCc1ccncc1OCCN(C)C. The number of pyridine rings is 1. The van der Waals surface area contributed by atoms with E-state index in [0.29, 0.717) is 31.9 Å². The molecular formula is C22H28N4O3. The second-order valence-electron chi connectivity index (χ2n) is 7.49. The molecule has 1 aromatic heterocycles. The quantitative estimate of drug-likeness (QED) is 0.770. The van der Waals surface area contributed by atoms with Crippen LogP contribution in [0.5, 0.6) is 5.75 Å². The van der Waals surface area contributed by atoms with E-state index < -0.39 is 6.04 Å². The maximum atomic E-state index is 12.9. The Morgan fingerprint density at radius 1 is 1.24 bits per heavy atom. The van der Waals surface area contributed by atoms with Crippen LogP contribution in [-0.4, -0.2) is 59.9 Å². The molecule has 7 heteroatoms. The molecule has 0 fully saturated rings. The van der Waals surface area contributed by atoms with Crippen molar-refractivity contribution in [2.75, 3.05) is 27.2 Å². The van der Waals surface area contributed by atoms with Crippen LogP contribution in [0.3, 0.4) is 0 Å². The van der Waals surface area contributed by atoms with Crippen molar-refractivity contribution in [2.24, 2.45) is 0 Å². The molecule has 0 radical (unpaired) electrons. The predicted octanol–water partition coefficient (Wildman–Crippen LogP) is 1.61. The molecule has 0 saturated heterocycles. The summed E-state index contributed by atoms with van der Waals surface area (Å²) in [4.78, 5) is 32.9. The van der Waals surface area contributed by atoms with Crippen molar-refractivity contribution in [3.8, 4) is 5.75 Å². The molecule has 1 aliphatic rings. The number of rotatable bonds is 7. The van der Waals surface area contributed by atoms with Crippen molar-refractivity contribution in [3.63, 3.8) is 0 Å². The third-order valence-electron chi connectivity index (χ3n) is 5.07. The average molecular weight is 396 g/mol. The third-order valence-corrected chi connectivity index (χ3v) is 5.07. The highest BCUT2D eigenvalue weighted by Crippen LogP contribution is 2.24. The summed E-state index contributed by atoms with van der Waals surface area (Å²) < 4.78 is 5.81. The monoisotopic (exact) mass is 396 g/mol. The molecule has 0 spiro atoms. The number of hydrogen-bond acceptors (Lipinski definition) is 5. The van der Waals surface area contributed by atoms with Crippen LogP contribution in [0.2, 0.25) is 0 Å². The molecule has 1 aromatic carbocycles. The minimum absolute atomic E-state index is 0.101. The number of carbonyl (C=O) groups is 2. The number of nitrogens with zero attached hydrogens (tertiary/aromatic N) is 3. The average Bonchev–Trinajstić information content (AvgIpc) is 2.71. The first-order valence-corrected chi connectivity index (χ1v) is 9.78. The van der Waals surface area contributed by atoms with Gasteiger partial charge in [-0.05, 0) is 31.3 Å². The van der Waals surface area contributed by atoms with Crippen LogP contribution in [0.1, 0.15) is 23.6 Å². The minimum atomic E-state index is -0.512. The molecule has 2 aromatic rings. The van der Waals surface area contributed by atoms with E-state index in [9.17, 15) is 9.59 Å². The van der Waals surface area contributed by atoms with E-state index in [1.807, 2.05) is 49.3 Å². The van der Waals surface area contributed by atoms with E-state index in [1.165, 1.54) is 6.92 Å². The Morgan fingerprint density at radius 2 is 2.00 bits per heavy atom. The lowest BCUT2D eigenvalue weighted by molar-refractivity contribution is -0.140. The second-order valence-corrected chi connectivity index (χ2v) is 7.49. The van der Waals surface area contributed by atoms with E-state index in [0.717, 1.165) is 23.2 Å². The van der Waals surface area contributed by atoms with E-state index in [4.69, 9.17) is 4.74 Å². The predicted molar refractivity (Wildman–Crippen MR) is 110 cm³/mol. The van der Waals surface area contributed by atoms with Crippen LogP contribution >= 0.6 is 0 Å². The van der Waals surface area contributed by atoms with Crippen LogP contribution in [0.25, 0.3) is 0 Å². The summed E-state index contributed by atoms with van der Waals surface area (Å²) in [7, 11) is 3.97. The Kier molecular flexibility index (Phi) is 6.82. The highest BCUT2D eigenvalue weighted by Gasteiger charge is 2.32. The number of benzene rings is 1. The first kappa shape index (κ1) is 20.8. The van der Waals surface area contributed by atoms with Crippen LogP contribution in [0, 0.1) is 0 Å². The highest BCUT2D eigenvalue weighted by atomic mass is 16.5. The molecule has 1 atom stereocenters. The zero-order valence-corrected chi connectivity index (χ0v) is 17.2. The van der Waals surface area contributed by atoms with Gasteiger partial charge in [-0.3, -0.25) is 14.6 Å². The van der Waals surface area contributed by atoms with Crippen molar-refractivity contribution >= 4 is 11.8 Å². The van der Waals surface area contributed by atoms with Crippen molar-refractivity contribution in [1.29, 1.82) is 0 Å². The number of likely N-dealkylation sites (N-methyl/N-ethyl adjacent to an activating group) is 1. The normalized spacial score (nSPS) is 15.7. The number of amides is 2. The van der Waals surface area contributed by atoms with Crippen LogP contribution in [0.15, 0.2) is 42.7 Å². The van der Waals surface area contributed by atoms with Gasteiger partial charge in [-0.2, -0.15) is 0 Å². The summed E-state index contributed by atoms with van der Waals surface area (Å²) in [5.74, 6) is 0.397. The molecule has 0 saturated carbocycles. The van der Waals surface area contributed by atoms with E-state index in [1.54, 1.807) is 17.3 Å². The van der Waals surface area contributed by atoms with Gasteiger partial charge in [-0.25, -0.2) is 0 Å².